The second-order valence-electron chi connectivity index (χ2n) is 6.60. The van der Waals surface area contributed by atoms with Gasteiger partial charge in [0.25, 0.3) is 0 Å². The maximum absolute atomic E-state index is 12.3. The number of carbonyl (C=O) groups excluding carboxylic acids is 1. The van der Waals surface area contributed by atoms with Crippen molar-refractivity contribution in [3.8, 4) is 0 Å². The van der Waals surface area contributed by atoms with Crippen LogP contribution in [0.25, 0.3) is 0 Å². The van der Waals surface area contributed by atoms with Crippen molar-refractivity contribution in [3.63, 3.8) is 0 Å². The first-order chi connectivity index (χ1) is 10.2. The molecule has 21 heavy (non-hydrogen) atoms. The molecule has 0 aromatic rings. The topological polar surface area (TPSA) is 50.7 Å². The van der Waals surface area contributed by atoms with E-state index in [-0.39, 0.29) is 17.9 Å². The fraction of sp³-hybridized carbons (Fsp3) is 0.882. The standard InChI is InChI=1S/C17H30N2O2/c1-13(17(20)19-16-8-10-21-11-9-16)14(2)18-12-15-6-4-3-5-7-15/h13,15-16H,3-12H2,1-2H3,(H,19,20). The molecule has 0 radical (unpaired) electrons. The highest BCUT2D eigenvalue weighted by atomic mass is 16.5. The van der Waals surface area contributed by atoms with E-state index in [1.807, 2.05) is 13.8 Å². The zero-order valence-electron chi connectivity index (χ0n) is 13.6. The van der Waals surface area contributed by atoms with Gasteiger partial charge in [0.2, 0.25) is 5.91 Å². The van der Waals surface area contributed by atoms with Crippen LogP contribution >= 0.6 is 0 Å². The predicted molar refractivity (Wildman–Crippen MR) is 85.7 cm³/mol. The van der Waals surface area contributed by atoms with Crippen molar-refractivity contribution in [2.24, 2.45) is 16.8 Å². The third kappa shape index (κ3) is 5.42. The van der Waals surface area contributed by atoms with Crippen molar-refractivity contribution < 1.29 is 9.53 Å². The van der Waals surface area contributed by atoms with Gasteiger partial charge in [-0.25, -0.2) is 0 Å². The Morgan fingerprint density at radius 3 is 2.52 bits per heavy atom. The van der Waals surface area contributed by atoms with E-state index >= 15 is 0 Å². The Morgan fingerprint density at radius 2 is 1.86 bits per heavy atom. The highest BCUT2D eigenvalue weighted by Gasteiger charge is 2.22. The van der Waals surface area contributed by atoms with Crippen LogP contribution in [0.4, 0.5) is 0 Å². The summed E-state index contributed by atoms with van der Waals surface area (Å²) in [5.41, 5.74) is 0.977. The lowest BCUT2D eigenvalue weighted by molar-refractivity contribution is -0.123. The lowest BCUT2D eigenvalue weighted by atomic mass is 9.89. The molecular formula is C17H30N2O2. The van der Waals surface area contributed by atoms with E-state index in [1.165, 1.54) is 32.1 Å². The van der Waals surface area contributed by atoms with Gasteiger partial charge in [-0.3, -0.25) is 9.79 Å². The Labute approximate surface area is 128 Å². The maximum atomic E-state index is 12.3. The van der Waals surface area contributed by atoms with E-state index in [1.54, 1.807) is 0 Å². The summed E-state index contributed by atoms with van der Waals surface area (Å²) in [7, 11) is 0. The quantitative estimate of drug-likeness (QED) is 0.793. The van der Waals surface area contributed by atoms with E-state index in [9.17, 15) is 4.79 Å². The number of amides is 1. The smallest absolute Gasteiger partial charge is 0.228 e. The van der Waals surface area contributed by atoms with Crippen molar-refractivity contribution >= 4 is 11.6 Å². The number of nitrogens with zero attached hydrogens (tertiary/aromatic N) is 1. The molecule has 1 saturated carbocycles. The van der Waals surface area contributed by atoms with Crippen LogP contribution in [0.3, 0.4) is 0 Å². The van der Waals surface area contributed by atoms with Crippen LogP contribution in [0, 0.1) is 11.8 Å². The molecular weight excluding hydrogens is 264 g/mol. The normalized spacial score (nSPS) is 23.8. The fourth-order valence-electron chi connectivity index (χ4n) is 3.14. The van der Waals surface area contributed by atoms with Gasteiger partial charge in [-0.2, -0.15) is 0 Å². The van der Waals surface area contributed by atoms with Crippen molar-refractivity contribution in [2.45, 2.75) is 64.8 Å². The highest BCUT2D eigenvalue weighted by Crippen LogP contribution is 2.23. The molecule has 120 valence electrons. The largest absolute Gasteiger partial charge is 0.381 e. The minimum Gasteiger partial charge on any atom is -0.381 e. The predicted octanol–water partition coefficient (Wildman–Crippen LogP) is 2.96. The number of aliphatic imine (C=N–C) groups is 1. The maximum Gasteiger partial charge on any atom is 0.228 e. The molecule has 1 atom stereocenters. The monoisotopic (exact) mass is 294 g/mol. The molecule has 1 heterocycles. The molecule has 2 fully saturated rings. The third-order valence-electron chi connectivity index (χ3n) is 4.91. The number of rotatable bonds is 5. The summed E-state index contributed by atoms with van der Waals surface area (Å²) in [5.74, 6) is 0.739. The Kier molecular flexibility index (Phi) is 6.68. The molecule has 0 aromatic heterocycles. The van der Waals surface area contributed by atoms with Crippen LogP contribution in [0.5, 0.6) is 0 Å². The van der Waals surface area contributed by atoms with Gasteiger partial charge in [-0.15, -0.1) is 0 Å². The molecule has 1 N–H and O–H groups in total. The zero-order valence-corrected chi connectivity index (χ0v) is 13.6. The molecule has 1 aliphatic heterocycles. The van der Waals surface area contributed by atoms with Crippen LogP contribution in [0.2, 0.25) is 0 Å². The van der Waals surface area contributed by atoms with E-state index in [4.69, 9.17) is 9.73 Å². The average Bonchev–Trinajstić information content (AvgIpc) is 2.53. The van der Waals surface area contributed by atoms with Gasteiger partial charge in [0, 0.05) is 31.5 Å². The van der Waals surface area contributed by atoms with Crippen molar-refractivity contribution in [1.29, 1.82) is 0 Å². The summed E-state index contributed by atoms with van der Waals surface area (Å²) in [6.07, 6.45) is 8.54. The van der Waals surface area contributed by atoms with Gasteiger partial charge < -0.3 is 10.1 Å². The Bertz CT molecular complexity index is 356. The van der Waals surface area contributed by atoms with Gasteiger partial charge in [-0.05, 0) is 45.4 Å². The van der Waals surface area contributed by atoms with E-state index < -0.39 is 0 Å². The number of carbonyl (C=O) groups is 1. The summed E-state index contributed by atoms with van der Waals surface area (Å²) in [5, 5.41) is 3.14. The van der Waals surface area contributed by atoms with Crippen LogP contribution in [0.1, 0.15) is 58.8 Å². The summed E-state index contributed by atoms with van der Waals surface area (Å²) >= 11 is 0. The number of hydrogen-bond acceptors (Lipinski definition) is 3. The van der Waals surface area contributed by atoms with Crippen LogP contribution in [-0.4, -0.2) is 37.4 Å². The van der Waals surface area contributed by atoms with E-state index in [2.05, 4.69) is 5.32 Å². The molecule has 4 heteroatoms. The molecule has 1 aliphatic carbocycles. The lowest BCUT2D eigenvalue weighted by Gasteiger charge is -2.25. The SMILES string of the molecule is CC(=NCC1CCCCC1)C(C)C(=O)NC1CCOCC1. The van der Waals surface area contributed by atoms with Crippen LogP contribution in [0.15, 0.2) is 4.99 Å². The van der Waals surface area contributed by atoms with Gasteiger partial charge >= 0.3 is 0 Å². The van der Waals surface area contributed by atoms with Gasteiger partial charge in [0.1, 0.15) is 0 Å². The molecule has 4 nitrogen and oxygen atoms in total. The molecule has 2 rings (SSSR count). The number of nitrogens with one attached hydrogen (secondary N) is 1. The van der Waals surface area contributed by atoms with Crippen molar-refractivity contribution in [1.82, 2.24) is 5.32 Å². The molecule has 2 aliphatic rings. The van der Waals surface area contributed by atoms with Crippen LogP contribution in [-0.2, 0) is 9.53 Å². The summed E-state index contributed by atoms with van der Waals surface area (Å²) in [4.78, 5) is 17.0. The van der Waals surface area contributed by atoms with Gasteiger partial charge in [0.15, 0.2) is 0 Å². The molecule has 1 amide bonds. The molecule has 0 bridgehead atoms. The van der Waals surface area contributed by atoms with E-state index in [0.717, 1.165) is 44.2 Å². The summed E-state index contributed by atoms with van der Waals surface area (Å²) in [6, 6.07) is 0.278. The van der Waals surface area contributed by atoms with Crippen LogP contribution < -0.4 is 5.32 Å². The minimum atomic E-state index is -0.114. The minimum absolute atomic E-state index is 0.114. The number of ether oxygens (including phenoxy) is 1. The highest BCUT2D eigenvalue weighted by molar-refractivity contribution is 6.02. The Morgan fingerprint density at radius 1 is 1.19 bits per heavy atom. The zero-order chi connectivity index (χ0) is 15.1. The molecule has 0 aromatic carbocycles. The first-order valence-electron chi connectivity index (χ1n) is 8.56. The summed E-state index contributed by atoms with van der Waals surface area (Å²) < 4.78 is 5.32. The van der Waals surface area contributed by atoms with Gasteiger partial charge in [-0.1, -0.05) is 19.3 Å². The Hall–Kier alpha value is -0.900. The second-order valence-corrected chi connectivity index (χ2v) is 6.60. The summed E-state index contributed by atoms with van der Waals surface area (Å²) in [6.45, 7) is 6.38. The van der Waals surface area contributed by atoms with Gasteiger partial charge in [0.05, 0.1) is 5.92 Å². The molecule has 1 unspecified atom stereocenters. The molecule has 0 spiro atoms. The average molecular weight is 294 g/mol. The third-order valence-corrected chi connectivity index (χ3v) is 4.91. The lowest BCUT2D eigenvalue weighted by Crippen LogP contribution is -2.42. The number of hydrogen-bond donors (Lipinski definition) is 1. The molecule has 1 saturated heterocycles. The van der Waals surface area contributed by atoms with Crippen molar-refractivity contribution in [2.75, 3.05) is 19.8 Å². The van der Waals surface area contributed by atoms with E-state index in [0.29, 0.717) is 0 Å². The Balaban J connectivity index is 1.76. The first-order valence-corrected chi connectivity index (χ1v) is 8.56. The fourth-order valence-corrected chi connectivity index (χ4v) is 3.14. The van der Waals surface area contributed by atoms with Crippen molar-refractivity contribution in [3.05, 3.63) is 0 Å². The first kappa shape index (κ1) is 16.5. The second kappa shape index (κ2) is 8.52.